The van der Waals surface area contributed by atoms with Crippen molar-refractivity contribution in [2.24, 2.45) is 0 Å². The molecule has 2 amide bonds. The van der Waals surface area contributed by atoms with Crippen molar-refractivity contribution in [2.45, 2.75) is 24.8 Å². The summed E-state index contributed by atoms with van der Waals surface area (Å²) in [6, 6.07) is 21.5. The van der Waals surface area contributed by atoms with Crippen LogP contribution in [0.4, 0.5) is 4.79 Å². The Morgan fingerprint density at radius 1 is 0.909 bits per heavy atom. The Labute approximate surface area is 196 Å². The molecular formula is C25H25N3O4S. The Kier molecular flexibility index (Phi) is 7.94. The molecule has 0 spiro atoms. The van der Waals surface area contributed by atoms with Crippen LogP contribution >= 0.6 is 11.8 Å². The Balaban J connectivity index is 1.12. The van der Waals surface area contributed by atoms with Gasteiger partial charge in [0.2, 0.25) is 5.91 Å². The lowest BCUT2D eigenvalue weighted by Crippen LogP contribution is -2.25. The lowest BCUT2D eigenvalue weighted by atomic mass is 10.1. The number of thioether (sulfide) groups is 1. The highest BCUT2D eigenvalue weighted by molar-refractivity contribution is 8.15. The molecule has 3 aromatic rings. The Hall–Kier alpha value is -3.36. The van der Waals surface area contributed by atoms with Gasteiger partial charge in [0.15, 0.2) is 0 Å². The molecule has 1 saturated heterocycles. The summed E-state index contributed by atoms with van der Waals surface area (Å²) in [7, 11) is 0. The van der Waals surface area contributed by atoms with Crippen LogP contribution in [-0.4, -0.2) is 34.5 Å². The molecule has 0 aliphatic carbocycles. The van der Waals surface area contributed by atoms with Crippen molar-refractivity contribution in [1.29, 1.82) is 0 Å². The quantitative estimate of drug-likeness (QED) is 0.419. The molecule has 2 N–H and O–H groups in total. The first-order valence-electron chi connectivity index (χ1n) is 10.7. The second-order valence-electron chi connectivity index (χ2n) is 7.52. The zero-order chi connectivity index (χ0) is 22.9. The lowest BCUT2D eigenvalue weighted by Gasteiger charge is -2.10. The van der Waals surface area contributed by atoms with Crippen LogP contribution in [0.25, 0.3) is 0 Å². The van der Waals surface area contributed by atoms with Gasteiger partial charge in [-0.1, -0.05) is 54.2 Å². The first-order valence-corrected chi connectivity index (χ1v) is 11.6. The SMILES string of the molecule is O=C1NC(=O)[C@H](Cc2ccc(OCCNCc3ccc(OCc4ccccc4)cn3)cc2)S1. The maximum absolute atomic E-state index is 11.7. The normalized spacial score (nSPS) is 15.3. The second kappa shape index (κ2) is 11.5. The maximum Gasteiger partial charge on any atom is 0.286 e. The summed E-state index contributed by atoms with van der Waals surface area (Å²) in [5, 5.41) is 4.98. The van der Waals surface area contributed by atoms with E-state index in [2.05, 4.69) is 15.6 Å². The van der Waals surface area contributed by atoms with Gasteiger partial charge in [-0.2, -0.15) is 0 Å². The second-order valence-corrected chi connectivity index (χ2v) is 8.69. The number of carbonyl (C=O) groups excluding carboxylic acids is 2. The number of imide groups is 1. The number of rotatable bonds is 11. The van der Waals surface area contributed by atoms with Crippen LogP contribution in [0.2, 0.25) is 0 Å². The van der Waals surface area contributed by atoms with E-state index in [0.717, 1.165) is 40.1 Å². The molecule has 170 valence electrons. The molecule has 1 aromatic heterocycles. The molecule has 0 saturated carbocycles. The minimum absolute atomic E-state index is 0.222. The van der Waals surface area contributed by atoms with E-state index in [1.54, 1.807) is 6.20 Å². The van der Waals surface area contributed by atoms with E-state index in [4.69, 9.17) is 9.47 Å². The molecule has 4 rings (SSSR count). The third kappa shape index (κ3) is 7.06. The number of hydrogen-bond donors (Lipinski definition) is 2. The van der Waals surface area contributed by atoms with Gasteiger partial charge in [-0.15, -0.1) is 0 Å². The molecule has 1 aliphatic rings. The molecule has 1 aliphatic heterocycles. The average molecular weight is 464 g/mol. The van der Waals surface area contributed by atoms with Gasteiger partial charge in [-0.05, 0) is 41.8 Å². The molecule has 0 bridgehead atoms. The van der Waals surface area contributed by atoms with E-state index < -0.39 is 0 Å². The fourth-order valence-electron chi connectivity index (χ4n) is 3.26. The van der Waals surface area contributed by atoms with Crippen molar-refractivity contribution >= 4 is 22.9 Å². The van der Waals surface area contributed by atoms with Crippen LogP contribution in [0.3, 0.4) is 0 Å². The van der Waals surface area contributed by atoms with Crippen molar-refractivity contribution in [2.75, 3.05) is 13.2 Å². The molecule has 0 unspecified atom stereocenters. The number of pyridine rings is 1. The minimum Gasteiger partial charge on any atom is -0.492 e. The molecule has 33 heavy (non-hydrogen) atoms. The Morgan fingerprint density at radius 3 is 2.39 bits per heavy atom. The molecular weight excluding hydrogens is 438 g/mol. The van der Waals surface area contributed by atoms with Crippen LogP contribution in [0.5, 0.6) is 11.5 Å². The number of amides is 2. The van der Waals surface area contributed by atoms with Crippen LogP contribution in [0, 0.1) is 0 Å². The van der Waals surface area contributed by atoms with Gasteiger partial charge in [-0.25, -0.2) is 0 Å². The molecule has 0 radical (unpaired) electrons. The molecule has 2 aromatic carbocycles. The maximum atomic E-state index is 11.7. The zero-order valence-electron chi connectivity index (χ0n) is 18.0. The third-order valence-corrected chi connectivity index (χ3v) is 5.99. The molecule has 1 atom stereocenters. The van der Waals surface area contributed by atoms with Gasteiger partial charge >= 0.3 is 0 Å². The topological polar surface area (TPSA) is 89.6 Å². The summed E-state index contributed by atoms with van der Waals surface area (Å²) in [4.78, 5) is 27.4. The zero-order valence-corrected chi connectivity index (χ0v) is 18.8. The van der Waals surface area contributed by atoms with Gasteiger partial charge in [0.1, 0.15) is 24.7 Å². The summed E-state index contributed by atoms with van der Waals surface area (Å²) in [6.07, 6.45) is 2.26. The summed E-state index contributed by atoms with van der Waals surface area (Å²) >= 11 is 1.04. The van der Waals surface area contributed by atoms with Crippen molar-refractivity contribution in [3.63, 3.8) is 0 Å². The first kappa shape index (κ1) is 22.8. The van der Waals surface area contributed by atoms with E-state index in [-0.39, 0.29) is 16.4 Å². The number of hydrogen-bond acceptors (Lipinski definition) is 7. The van der Waals surface area contributed by atoms with Crippen molar-refractivity contribution in [3.05, 3.63) is 89.7 Å². The molecule has 2 heterocycles. The number of nitrogens with one attached hydrogen (secondary N) is 2. The number of ether oxygens (including phenoxy) is 2. The summed E-state index contributed by atoms with van der Waals surface area (Å²) in [5.41, 5.74) is 3.04. The highest BCUT2D eigenvalue weighted by atomic mass is 32.2. The van der Waals surface area contributed by atoms with Gasteiger partial charge < -0.3 is 14.8 Å². The van der Waals surface area contributed by atoms with E-state index >= 15 is 0 Å². The van der Waals surface area contributed by atoms with Crippen molar-refractivity contribution in [3.8, 4) is 11.5 Å². The summed E-state index contributed by atoms with van der Waals surface area (Å²) < 4.78 is 11.5. The van der Waals surface area contributed by atoms with E-state index in [0.29, 0.717) is 32.7 Å². The van der Waals surface area contributed by atoms with Gasteiger partial charge in [0.05, 0.1) is 17.1 Å². The van der Waals surface area contributed by atoms with Crippen LogP contribution in [0.15, 0.2) is 72.9 Å². The standard InChI is InChI=1S/C25H25N3O4S/c29-24-23(33-25(30)28-24)14-18-6-9-21(10-7-18)31-13-12-26-15-20-8-11-22(16-27-20)32-17-19-4-2-1-3-5-19/h1-11,16,23,26H,12-15,17H2,(H,28,29,30)/t23-/m0/s1. The van der Waals surface area contributed by atoms with E-state index in [9.17, 15) is 9.59 Å². The van der Waals surface area contributed by atoms with Crippen LogP contribution < -0.4 is 20.1 Å². The average Bonchev–Trinajstić information content (AvgIpc) is 3.16. The van der Waals surface area contributed by atoms with Crippen molar-refractivity contribution in [1.82, 2.24) is 15.6 Å². The molecule has 8 heteroatoms. The van der Waals surface area contributed by atoms with Crippen LogP contribution in [-0.2, 0) is 24.4 Å². The number of nitrogens with zero attached hydrogens (tertiary/aromatic N) is 1. The summed E-state index contributed by atoms with van der Waals surface area (Å²) in [5.74, 6) is 1.28. The Bertz CT molecular complexity index is 1060. The predicted molar refractivity (Wildman–Crippen MR) is 127 cm³/mol. The van der Waals surface area contributed by atoms with Crippen LogP contribution in [0.1, 0.15) is 16.8 Å². The van der Waals surface area contributed by atoms with Crippen molar-refractivity contribution < 1.29 is 19.1 Å². The predicted octanol–water partition coefficient (Wildman–Crippen LogP) is 3.72. The molecule has 1 fully saturated rings. The molecule has 7 nitrogen and oxygen atoms in total. The fraction of sp³-hybridized carbons (Fsp3) is 0.240. The van der Waals surface area contributed by atoms with Gasteiger partial charge in [0.25, 0.3) is 5.24 Å². The fourth-order valence-corrected chi connectivity index (χ4v) is 4.12. The monoisotopic (exact) mass is 463 g/mol. The number of benzene rings is 2. The van der Waals surface area contributed by atoms with E-state index in [1.807, 2.05) is 66.7 Å². The highest BCUT2D eigenvalue weighted by Crippen LogP contribution is 2.23. The van der Waals surface area contributed by atoms with Gasteiger partial charge in [0, 0.05) is 13.1 Å². The largest absolute Gasteiger partial charge is 0.492 e. The van der Waals surface area contributed by atoms with E-state index in [1.165, 1.54) is 0 Å². The van der Waals surface area contributed by atoms with Gasteiger partial charge in [-0.3, -0.25) is 19.9 Å². The number of aromatic nitrogens is 1. The highest BCUT2D eigenvalue weighted by Gasteiger charge is 2.31. The first-order chi connectivity index (χ1) is 16.2. The summed E-state index contributed by atoms with van der Waals surface area (Å²) in [6.45, 7) is 2.36. The smallest absolute Gasteiger partial charge is 0.286 e. The third-order valence-electron chi connectivity index (χ3n) is 5.01. The Morgan fingerprint density at radius 2 is 1.70 bits per heavy atom. The lowest BCUT2D eigenvalue weighted by molar-refractivity contribution is -0.118. The number of carbonyl (C=O) groups is 2. The minimum atomic E-state index is -0.355.